The second-order valence-electron chi connectivity index (χ2n) is 7.15. The fourth-order valence-corrected chi connectivity index (χ4v) is 3.83. The molecule has 3 aromatic rings. The SMILES string of the molecule is CON(C)C(=O)c1nnc(CNc2cc(OC[C@H]3C[C@@H]3c3ccccn3)nc(C)n2)s1. The largest absolute Gasteiger partial charge is 0.477 e. The van der Waals surface area contributed by atoms with Gasteiger partial charge in [-0.1, -0.05) is 17.4 Å². The highest BCUT2D eigenvalue weighted by molar-refractivity contribution is 7.13. The Balaban J connectivity index is 1.31. The van der Waals surface area contributed by atoms with E-state index < -0.39 is 0 Å². The van der Waals surface area contributed by atoms with Crippen molar-refractivity contribution in [2.45, 2.75) is 25.8 Å². The molecule has 0 aliphatic heterocycles. The van der Waals surface area contributed by atoms with E-state index in [1.54, 1.807) is 6.07 Å². The maximum absolute atomic E-state index is 12.0. The maximum atomic E-state index is 12.0. The molecular formula is C20H23N7O3S. The van der Waals surface area contributed by atoms with Gasteiger partial charge in [-0.05, 0) is 25.5 Å². The first-order valence-electron chi connectivity index (χ1n) is 9.81. The van der Waals surface area contributed by atoms with Gasteiger partial charge in [-0.3, -0.25) is 14.6 Å². The molecule has 1 aliphatic carbocycles. The quantitative estimate of drug-likeness (QED) is 0.500. The topological polar surface area (TPSA) is 115 Å². The first-order chi connectivity index (χ1) is 15.0. The smallest absolute Gasteiger partial charge is 0.308 e. The van der Waals surface area contributed by atoms with Crippen molar-refractivity contribution in [2.75, 3.05) is 26.1 Å². The summed E-state index contributed by atoms with van der Waals surface area (Å²) in [5.74, 6) is 2.31. The summed E-state index contributed by atoms with van der Waals surface area (Å²) in [6, 6.07) is 7.75. The Kier molecular flexibility index (Phi) is 6.33. The maximum Gasteiger partial charge on any atom is 0.308 e. The summed E-state index contributed by atoms with van der Waals surface area (Å²) in [6.07, 6.45) is 2.90. The van der Waals surface area contributed by atoms with E-state index in [-0.39, 0.29) is 10.9 Å². The van der Waals surface area contributed by atoms with Crippen molar-refractivity contribution in [1.82, 2.24) is 30.2 Å². The summed E-state index contributed by atoms with van der Waals surface area (Å²) in [4.78, 5) is 30.1. The van der Waals surface area contributed by atoms with Crippen LogP contribution in [0.3, 0.4) is 0 Å². The Hall–Kier alpha value is -3.18. The van der Waals surface area contributed by atoms with Crippen molar-refractivity contribution < 1.29 is 14.4 Å². The lowest BCUT2D eigenvalue weighted by Crippen LogP contribution is -2.25. The molecular weight excluding hydrogens is 418 g/mol. The lowest BCUT2D eigenvalue weighted by Gasteiger charge is -2.10. The van der Waals surface area contributed by atoms with Gasteiger partial charge in [0.2, 0.25) is 10.9 Å². The lowest BCUT2D eigenvalue weighted by atomic mass is 10.2. The number of hydrogen-bond acceptors (Lipinski definition) is 10. The van der Waals surface area contributed by atoms with Crippen molar-refractivity contribution in [3.05, 3.63) is 52.0 Å². The average Bonchev–Trinajstić information content (AvgIpc) is 3.42. The first kappa shape index (κ1) is 21.1. The van der Waals surface area contributed by atoms with E-state index in [1.165, 1.54) is 25.5 Å². The molecule has 2 atom stereocenters. The van der Waals surface area contributed by atoms with Crippen LogP contribution < -0.4 is 10.1 Å². The molecule has 1 aliphatic rings. The first-order valence-corrected chi connectivity index (χ1v) is 10.6. The van der Waals surface area contributed by atoms with Crippen molar-refractivity contribution in [2.24, 2.45) is 5.92 Å². The molecule has 0 spiro atoms. The molecule has 1 saturated carbocycles. The van der Waals surface area contributed by atoms with Crippen LogP contribution in [0, 0.1) is 12.8 Å². The number of aromatic nitrogens is 5. The number of ether oxygens (including phenoxy) is 1. The number of carbonyl (C=O) groups is 1. The van der Waals surface area contributed by atoms with Crippen molar-refractivity contribution in [1.29, 1.82) is 0 Å². The predicted octanol–water partition coefficient (Wildman–Crippen LogP) is 2.46. The van der Waals surface area contributed by atoms with Gasteiger partial charge in [-0.2, -0.15) is 4.98 Å². The normalized spacial score (nSPS) is 17.3. The van der Waals surface area contributed by atoms with Crippen LogP contribution in [0.5, 0.6) is 5.88 Å². The second kappa shape index (κ2) is 9.31. The molecule has 3 heterocycles. The van der Waals surface area contributed by atoms with Gasteiger partial charge >= 0.3 is 5.91 Å². The molecule has 3 aromatic heterocycles. The van der Waals surface area contributed by atoms with Gasteiger partial charge in [0.15, 0.2) is 0 Å². The van der Waals surface area contributed by atoms with E-state index in [9.17, 15) is 4.79 Å². The van der Waals surface area contributed by atoms with Crippen LogP contribution in [-0.2, 0) is 11.4 Å². The summed E-state index contributed by atoms with van der Waals surface area (Å²) in [5, 5.41) is 13.2. The van der Waals surface area contributed by atoms with Crippen molar-refractivity contribution in [3.8, 4) is 5.88 Å². The molecule has 0 bridgehead atoms. The van der Waals surface area contributed by atoms with Gasteiger partial charge in [0, 0.05) is 36.8 Å². The number of aryl methyl sites for hydroxylation is 1. The fourth-order valence-electron chi connectivity index (χ4n) is 3.08. The highest BCUT2D eigenvalue weighted by atomic mass is 32.1. The number of anilines is 1. The predicted molar refractivity (Wildman–Crippen MR) is 114 cm³/mol. The third-order valence-corrected chi connectivity index (χ3v) is 5.79. The summed E-state index contributed by atoms with van der Waals surface area (Å²) >= 11 is 1.20. The van der Waals surface area contributed by atoms with Crippen LogP contribution in [0.1, 0.15) is 38.7 Å². The molecule has 0 unspecified atom stereocenters. The van der Waals surface area contributed by atoms with Crippen LogP contribution >= 0.6 is 11.3 Å². The fraction of sp³-hybridized carbons (Fsp3) is 0.400. The van der Waals surface area contributed by atoms with Gasteiger partial charge in [0.1, 0.15) is 16.6 Å². The minimum absolute atomic E-state index is 0.260. The molecule has 1 N–H and O–H groups in total. The number of rotatable bonds is 9. The van der Waals surface area contributed by atoms with Crippen LogP contribution in [0.4, 0.5) is 5.82 Å². The third-order valence-electron chi connectivity index (χ3n) is 4.88. The highest BCUT2D eigenvalue weighted by Gasteiger charge is 2.39. The van der Waals surface area contributed by atoms with Crippen molar-refractivity contribution >= 4 is 23.1 Å². The van der Waals surface area contributed by atoms with Crippen molar-refractivity contribution in [3.63, 3.8) is 0 Å². The molecule has 0 aromatic carbocycles. The van der Waals surface area contributed by atoms with E-state index in [0.717, 1.165) is 17.2 Å². The van der Waals surface area contributed by atoms with Gasteiger partial charge in [-0.15, -0.1) is 10.2 Å². The Morgan fingerprint density at radius 2 is 2.19 bits per heavy atom. The van der Waals surface area contributed by atoms with Gasteiger partial charge in [-0.25, -0.2) is 10.0 Å². The van der Waals surface area contributed by atoms with E-state index >= 15 is 0 Å². The second-order valence-corrected chi connectivity index (χ2v) is 8.21. The number of hydroxylamine groups is 2. The van der Waals surface area contributed by atoms with Gasteiger partial charge < -0.3 is 10.1 Å². The number of amides is 1. The van der Waals surface area contributed by atoms with E-state index in [0.29, 0.717) is 47.5 Å². The Morgan fingerprint density at radius 3 is 2.97 bits per heavy atom. The van der Waals surface area contributed by atoms with E-state index in [4.69, 9.17) is 9.57 Å². The zero-order valence-electron chi connectivity index (χ0n) is 17.5. The van der Waals surface area contributed by atoms with Crippen LogP contribution in [0.15, 0.2) is 30.5 Å². The number of hydrogen-bond donors (Lipinski definition) is 1. The van der Waals surface area contributed by atoms with Crippen LogP contribution in [0.2, 0.25) is 0 Å². The molecule has 11 heteroatoms. The summed E-state index contributed by atoms with van der Waals surface area (Å²) in [7, 11) is 2.94. The third kappa shape index (κ3) is 5.30. The zero-order chi connectivity index (χ0) is 21.8. The highest BCUT2D eigenvalue weighted by Crippen LogP contribution is 2.46. The number of nitrogens with zero attached hydrogens (tertiary/aromatic N) is 6. The molecule has 1 fully saturated rings. The molecule has 31 heavy (non-hydrogen) atoms. The number of carbonyl (C=O) groups excluding carboxylic acids is 1. The molecule has 0 radical (unpaired) electrons. The van der Waals surface area contributed by atoms with Crippen LogP contribution in [0.25, 0.3) is 0 Å². The molecule has 10 nitrogen and oxygen atoms in total. The van der Waals surface area contributed by atoms with E-state index in [1.807, 2.05) is 25.3 Å². The summed E-state index contributed by atoms with van der Waals surface area (Å²) in [6.45, 7) is 2.78. The molecule has 4 rings (SSSR count). The molecule has 1 amide bonds. The Morgan fingerprint density at radius 1 is 1.32 bits per heavy atom. The molecule has 0 saturated heterocycles. The minimum atomic E-state index is -0.344. The summed E-state index contributed by atoms with van der Waals surface area (Å²) < 4.78 is 5.92. The van der Waals surface area contributed by atoms with Gasteiger partial charge in [0.25, 0.3) is 0 Å². The van der Waals surface area contributed by atoms with E-state index in [2.05, 4.69) is 36.5 Å². The van der Waals surface area contributed by atoms with Gasteiger partial charge in [0.05, 0.1) is 20.3 Å². The number of pyridine rings is 1. The zero-order valence-corrected chi connectivity index (χ0v) is 18.3. The molecule has 162 valence electrons. The Labute approximate surface area is 183 Å². The average molecular weight is 442 g/mol. The monoisotopic (exact) mass is 441 g/mol. The van der Waals surface area contributed by atoms with Crippen LogP contribution in [-0.4, -0.2) is 56.9 Å². The number of nitrogens with one attached hydrogen (secondary N) is 1. The lowest BCUT2D eigenvalue weighted by molar-refractivity contribution is -0.0757. The Bertz CT molecular complexity index is 1050. The minimum Gasteiger partial charge on any atom is -0.477 e. The standard InChI is InChI=1S/C20H23N7O3S/c1-12-23-16(22-10-18-25-26-19(31-18)20(28)27(2)29-3)9-17(24-12)30-11-13-8-14(13)15-6-4-5-7-21-15/h4-7,9,13-14H,8,10-11H2,1-3H3,(H,22,23,24)/t13-,14+/m1/s1. The summed E-state index contributed by atoms with van der Waals surface area (Å²) in [5.41, 5.74) is 1.11.